The van der Waals surface area contributed by atoms with E-state index >= 15 is 0 Å². The molecule has 0 amide bonds. The number of benzene rings is 10. The molecule has 38 nitrogen and oxygen atoms in total. The third-order valence-corrected chi connectivity index (χ3v) is 22.0. The molecule has 0 aliphatic rings. The Morgan fingerprint density at radius 2 is 0.422 bits per heavy atom. The van der Waals surface area contributed by atoms with Crippen molar-refractivity contribution in [1.29, 1.82) is 0 Å². The molecule has 1 N–H and O–H groups in total. The quantitative estimate of drug-likeness (QED) is 0.138. The largest absolute Gasteiger partial charge is 2.00 e. The Hall–Kier alpha value is -17.3. The molecule has 654 valence electrons. The van der Waals surface area contributed by atoms with Crippen molar-refractivity contribution >= 4 is 180 Å². The number of hydrogen-bond acceptors (Lipinski definition) is 26. The first-order valence-corrected chi connectivity index (χ1v) is 41.3. The van der Waals surface area contributed by atoms with Gasteiger partial charge >= 0.3 is 51.2 Å². The van der Waals surface area contributed by atoms with E-state index < -0.39 is 0 Å². The van der Waals surface area contributed by atoms with Crippen molar-refractivity contribution in [2.75, 3.05) is 7.11 Å². The number of hydrogen-bond donors (Lipinski definition) is 1. The molecule has 10 aromatic carbocycles. The zero-order valence-corrected chi connectivity index (χ0v) is 74.4. The Morgan fingerprint density at radius 1 is 0.222 bits per heavy atom. The molecule has 24 bridgehead atoms. The zero-order valence-electron chi connectivity index (χ0n) is 71.1. The molecular weight excluding hydrogens is 1830 g/mol. The van der Waals surface area contributed by atoms with Crippen molar-refractivity contribution in [2.24, 2.45) is 0 Å². The molecule has 25 rings (SSSR count). The minimum Gasteiger partial charge on any atom is -0.497 e. The number of nitrogens with zero attached hydrogens (tertiary/aromatic N) is 36. The number of aliphatic hydroxyl groups is 1. The number of aromatic nitrogens is 36. The first-order chi connectivity index (χ1) is 64.8. The van der Waals surface area contributed by atoms with Gasteiger partial charge in [-0.3, -0.25) is 0 Å². The number of ether oxygens (including phenoxy) is 1. The summed E-state index contributed by atoms with van der Waals surface area (Å²) in [6.45, 7) is 7.62. The van der Waals surface area contributed by atoms with Crippen LogP contribution in [0.25, 0.3) is 214 Å². The summed E-state index contributed by atoms with van der Waals surface area (Å²) in [5, 5.41) is 44.1. The SMILES string of the molecule is COc1ccc2c3nc4nc(nc5[n-]c(nc6nc(nc([n-]3)c2c1)nn6-c1ccccc1)c1ccc(CO)cc51)nn4-c1ccccc1.Cc1c(C)c2nc3nc(nc4[n-]c(nc5nc(nc1[n-]2)nn5-c1ccccc1)c(C)c4C)nn3-c1ccccc1.[Fe+2].[Fe+2].[Fe+2].c1ccc(-n2nc3nc4[n-]c(nc5nc(nc6[n-]c(nc2n3)c2ccccc62)nn5-c2ccccc2)c2ccccc42)cc1. The van der Waals surface area contributed by atoms with Crippen LogP contribution in [0.15, 0.2) is 267 Å². The number of fused-ring (bicyclic) bond motifs is 36. The summed E-state index contributed by atoms with van der Waals surface area (Å²) in [6, 6.07) is 84.1. The third kappa shape index (κ3) is 16.3. The Balaban J connectivity index is 0.000000125. The zero-order chi connectivity index (χ0) is 88.6. The van der Waals surface area contributed by atoms with Crippen LogP contribution < -0.4 is 34.6 Å². The van der Waals surface area contributed by atoms with Gasteiger partial charge < -0.3 is 99.6 Å². The molecule has 0 spiro atoms. The van der Waals surface area contributed by atoms with E-state index in [0.717, 1.165) is 83.3 Å². The Bertz CT molecular complexity index is 8700. The third-order valence-electron chi connectivity index (χ3n) is 22.0. The molecule has 0 saturated carbocycles. The number of aliphatic hydroxyl groups excluding tert-OH is 1. The molecule has 15 heterocycles. The van der Waals surface area contributed by atoms with Gasteiger partial charge in [-0.1, -0.05) is 170 Å². The number of rotatable bonds is 8. The fourth-order valence-corrected chi connectivity index (χ4v) is 15.1. The standard InChI is InChI=1S/C34H22N12O2.C32H18N12.C28H22N12.3Fe/c1-48-22-13-15-24-26(17-22)30-36-28(24)40-34-41-31(43-46(34)21-10-6-3-7-11-21)37-29-25-16-19(18-47)12-14-23(25)27(35-29)39-33-42-32(38-30)44-45(33)20-8-4-2-5-9-20;1-3-11-19(12-4-1)43-31-37-27-23-17-9-7-15-21(23)26(33-27)36-30-40-32(44(42-30)20-13-5-2-6-14-20)38-28-24-18-10-8-16-22(24)25(34-28)35-29(39-31)41-43;1-15-17(3)23-29-21(15)31-25-35-28(40(37-25)20-13-9-6-10-14-20)34-24-18(4)16(2)22(30-24)32-26-36-27(33-23)39(38-26)19-11-7-5-8-12-19;;;/h2-17,47H,18H2,1H3;1-18H;5-14H,1-4H3;;;/q3*-2;3*+2. The minimum absolute atomic E-state index is 0. The van der Waals surface area contributed by atoms with Gasteiger partial charge in [0.15, 0.2) is 69.3 Å². The summed E-state index contributed by atoms with van der Waals surface area (Å²) in [5.74, 6) is 3.53. The maximum Gasteiger partial charge on any atom is 2.00 e. The molecule has 135 heavy (non-hydrogen) atoms. The van der Waals surface area contributed by atoms with E-state index in [0.29, 0.717) is 118 Å². The van der Waals surface area contributed by atoms with Crippen LogP contribution in [0.3, 0.4) is 0 Å². The summed E-state index contributed by atoms with van der Waals surface area (Å²) >= 11 is 0. The predicted octanol–water partition coefficient (Wildman–Crippen LogP) is 13.3. The maximum absolute atomic E-state index is 9.93. The van der Waals surface area contributed by atoms with Crippen LogP contribution in [0.4, 0.5) is 0 Å². The topological polar surface area (TPSA) is 453 Å². The van der Waals surface area contributed by atoms with Gasteiger partial charge in [-0.05, 0) is 196 Å². The van der Waals surface area contributed by atoms with Gasteiger partial charge in [-0.2, -0.15) is 0 Å². The van der Waals surface area contributed by atoms with E-state index in [-0.39, 0.29) is 104 Å². The molecule has 0 atom stereocenters. The number of para-hydroxylation sites is 6. The molecule has 0 aliphatic heterocycles. The second-order valence-electron chi connectivity index (χ2n) is 30.2. The fourth-order valence-electron chi connectivity index (χ4n) is 15.1. The Morgan fingerprint density at radius 3 is 0.681 bits per heavy atom. The molecule has 0 aliphatic carbocycles. The molecule has 0 saturated heterocycles. The van der Waals surface area contributed by atoms with Gasteiger partial charge in [0.1, 0.15) is 5.75 Å². The number of methoxy groups -OCH3 is 1. The fraction of sp³-hybridized carbons (Fsp3) is 0.0638. The van der Waals surface area contributed by atoms with Gasteiger partial charge in [-0.25, -0.2) is 58.0 Å². The van der Waals surface area contributed by atoms with Crippen LogP contribution in [0, 0.1) is 27.7 Å². The van der Waals surface area contributed by atoms with Crippen molar-refractivity contribution in [3.8, 4) is 39.9 Å². The van der Waals surface area contributed by atoms with E-state index in [1.165, 1.54) is 0 Å². The van der Waals surface area contributed by atoms with Gasteiger partial charge in [0.2, 0.25) is 0 Å². The summed E-state index contributed by atoms with van der Waals surface area (Å²) in [5.41, 5.74) is 13.8. The molecule has 0 unspecified atom stereocenters. The summed E-state index contributed by atoms with van der Waals surface area (Å²) in [4.78, 5) is 114. The summed E-state index contributed by atoms with van der Waals surface area (Å²) < 4.78 is 15.3. The maximum atomic E-state index is 9.93. The van der Waals surface area contributed by atoms with Crippen molar-refractivity contribution < 1.29 is 61.0 Å². The predicted molar refractivity (Wildman–Crippen MR) is 493 cm³/mol. The van der Waals surface area contributed by atoms with E-state index in [1.807, 2.05) is 295 Å². The average Bonchev–Trinajstić information content (AvgIpc) is 1.57. The molecule has 25 aromatic rings. The second-order valence-corrected chi connectivity index (χ2v) is 30.2. The van der Waals surface area contributed by atoms with Gasteiger partial charge in [-0.15, -0.1) is 30.6 Å². The Kier molecular flexibility index (Phi) is 22.8. The normalized spacial score (nSPS) is 11.3. The van der Waals surface area contributed by atoms with Crippen molar-refractivity contribution in [3.05, 3.63) is 295 Å². The minimum atomic E-state index is -0.154. The molecule has 0 fully saturated rings. The first kappa shape index (κ1) is 85.8. The monoisotopic (exact) mass is 1890 g/mol. The van der Waals surface area contributed by atoms with Crippen LogP contribution >= 0.6 is 0 Å². The van der Waals surface area contributed by atoms with Crippen LogP contribution in [0.1, 0.15) is 27.8 Å². The molecule has 15 aromatic heterocycles. The van der Waals surface area contributed by atoms with Gasteiger partial charge in [0.05, 0.1) is 47.8 Å². The average molecular weight is 1900 g/mol. The van der Waals surface area contributed by atoms with Crippen LogP contribution in [0.2, 0.25) is 0 Å². The summed E-state index contributed by atoms with van der Waals surface area (Å²) in [7, 11) is 1.60. The van der Waals surface area contributed by atoms with E-state index in [4.69, 9.17) is 125 Å². The van der Waals surface area contributed by atoms with Gasteiger partial charge in [0.25, 0.3) is 0 Å². The van der Waals surface area contributed by atoms with E-state index in [9.17, 15) is 5.11 Å². The smallest absolute Gasteiger partial charge is 0.497 e. The summed E-state index contributed by atoms with van der Waals surface area (Å²) in [6.07, 6.45) is 0. The van der Waals surface area contributed by atoms with Crippen LogP contribution in [-0.2, 0) is 57.8 Å². The van der Waals surface area contributed by atoms with Gasteiger partial charge in [0, 0.05) is 67.8 Å². The van der Waals surface area contributed by atoms with Crippen LogP contribution in [-0.4, -0.2) is 161 Å². The van der Waals surface area contributed by atoms with Crippen molar-refractivity contribution in [1.82, 2.24) is 178 Å². The first-order valence-electron chi connectivity index (χ1n) is 41.3. The Labute approximate surface area is 790 Å². The van der Waals surface area contributed by atoms with E-state index in [1.54, 1.807) is 35.2 Å². The second kappa shape index (κ2) is 35.9. The molecule has 0 radical (unpaired) electrons. The van der Waals surface area contributed by atoms with Crippen molar-refractivity contribution in [2.45, 2.75) is 34.3 Å². The molecular formula is C94H62Fe3N36O2. The van der Waals surface area contributed by atoms with E-state index in [2.05, 4.69) is 30.1 Å². The molecule has 41 heteroatoms. The van der Waals surface area contributed by atoms with Crippen LogP contribution in [0.5, 0.6) is 5.75 Å². The van der Waals surface area contributed by atoms with Crippen molar-refractivity contribution in [3.63, 3.8) is 0 Å². The number of aryl methyl sites for hydroxylation is 4.